The molecule has 1 N–H and O–H groups in total. The third-order valence-corrected chi connectivity index (χ3v) is 3.34. The molecule has 0 radical (unpaired) electrons. The summed E-state index contributed by atoms with van der Waals surface area (Å²) in [7, 11) is 0. The topological polar surface area (TPSA) is 34.4 Å². The molecule has 1 aromatic heterocycles. The highest BCUT2D eigenvalue weighted by Crippen LogP contribution is 2.23. The number of furan rings is 1. The van der Waals surface area contributed by atoms with Gasteiger partial charge in [0.05, 0.1) is 12.1 Å². The minimum absolute atomic E-state index is 0.244. The predicted molar refractivity (Wildman–Crippen MR) is 83.0 cm³/mol. The van der Waals surface area contributed by atoms with Gasteiger partial charge in [-0.05, 0) is 52.3 Å². The Labute approximate surface area is 121 Å². The number of hydrogen-bond acceptors (Lipinski definition) is 3. The van der Waals surface area contributed by atoms with Crippen molar-refractivity contribution < 1.29 is 9.15 Å². The summed E-state index contributed by atoms with van der Waals surface area (Å²) in [5.41, 5.74) is 0.960. The lowest BCUT2D eigenvalue weighted by atomic mass is 10.2. The first-order valence-electron chi connectivity index (χ1n) is 7.50. The molecule has 3 nitrogen and oxygen atoms in total. The second-order valence-electron chi connectivity index (χ2n) is 5.49. The zero-order chi connectivity index (χ0) is 14.4. The highest BCUT2D eigenvalue weighted by Gasteiger charge is 2.10. The molecule has 0 bridgehead atoms. The molecule has 0 saturated carbocycles. The molecule has 1 heterocycles. The van der Waals surface area contributed by atoms with Gasteiger partial charge < -0.3 is 14.5 Å². The Morgan fingerprint density at radius 2 is 1.95 bits per heavy atom. The van der Waals surface area contributed by atoms with Crippen LogP contribution in [-0.4, -0.2) is 19.3 Å². The maximum absolute atomic E-state index is 5.85. The third kappa shape index (κ3) is 4.36. The summed E-state index contributed by atoms with van der Waals surface area (Å²) in [5, 5.41) is 4.67. The van der Waals surface area contributed by atoms with Gasteiger partial charge in [0.15, 0.2) is 0 Å². The van der Waals surface area contributed by atoms with Crippen LogP contribution in [0.25, 0.3) is 11.0 Å². The van der Waals surface area contributed by atoms with Crippen LogP contribution in [-0.2, 0) is 4.74 Å². The zero-order valence-electron chi connectivity index (χ0n) is 12.7. The van der Waals surface area contributed by atoms with Crippen molar-refractivity contribution in [3.63, 3.8) is 0 Å². The standard InChI is InChI=1S/C17H25NO2/c1-13(2)19-11-7-6-10-18-14(3)17-12-15-8-4-5-9-16(15)20-17/h4-5,8-9,12-14,18H,6-7,10-11H2,1-3H3. The molecule has 1 aromatic carbocycles. The Hall–Kier alpha value is -1.32. The first kappa shape index (κ1) is 15.1. The van der Waals surface area contributed by atoms with E-state index in [1.165, 1.54) is 5.39 Å². The second kappa shape index (κ2) is 7.46. The van der Waals surface area contributed by atoms with Crippen LogP contribution in [0, 0.1) is 0 Å². The lowest BCUT2D eigenvalue weighted by molar-refractivity contribution is 0.0759. The molecule has 0 saturated heterocycles. The highest BCUT2D eigenvalue weighted by molar-refractivity contribution is 5.77. The van der Waals surface area contributed by atoms with Gasteiger partial charge in [-0.25, -0.2) is 0 Å². The van der Waals surface area contributed by atoms with E-state index >= 15 is 0 Å². The number of para-hydroxylation sites is 1. The lowest BCUT2D eigenvalue weighted by Gasteiger charge is -2.11. The largest absolute Gasteiger partial charge is 0.459 e. The van der Waals surface area contributed by atoms with Gasteiger partial charge in [-0.15, -0.1) is 0 Å². The van der Waals surface area contributed by atoms with E-state index in [9.17, 15) is 0 Å². The van der Waals surface area contributed by atoms with Crippen molar-refractivity contribution in [2.75, 3.05) is 13.2 Å². The van der Waals surface area contributed by atoms with Gasteiger partial charge in [-0.2, -0.15) is 0 Å². The number of benzene rings is 1. The van der Waals surface area contributed by atoms with Crippen molar-refractivity contribution in [1.29, 1.82) is 0 Å². The number of rotatable bonds is 8. The van der Waals surface area contributed by atoms with E-state index in [-0.39, 0.29) is 6.04 Å². The quantitative estimate of drug-likeness (QED) is 0.730. The summed E-state index contributed by atoms with van der Waals surface area (Å²) >= 11 is 0. The van der Waals surface area contributed by atoms with Crippen LogP contribution in [0.5, 0.6) is 0 Å². The molecule has 2 aromatic rings. The maximum atomic E-state index is 5.85. The van der Waals surface area contributed by atoms with Gasteiger partial charge in [0.25, 0.3) is 0 Å². The first-order valence-corrected chi connectivity index (χ1v) is 7.50. The average Bonchev–Trinajstić information content (AvgIpc) is 2.86. The molecule has 0 aliphatic heterocycles. The van der Waals surface area contributed by atoms with E-state index in [4.69, 9.17) is 9.15 Å². The van der Waals surface area contributed by atoms with Crippen LogP contribution in [0.1, 0.15) is 45.4 Å². The Kier molecular flexibility index (Phi) is 5.62. The highest BCUT2D eigenvalue weighted by atomic mass is 16.5. The fraction of sp³-hybridized carbons (Fsp3) is 0.529. The van der Waals surface area contributed by atoms with E-state index in [0.717, 1.165) is 37.3 Å². The molecule has 0 aliphatic carbocycles. The number of unbranched alkanes of at least 4 members (excludes halogenated alkanes) is 1. The molecule has 0 amide bonds. The van der Waals surface area contributed by atoms with E-state index in [1.807, 2.05) is 18.2 Å². The average molecular weight is 275 g/mol. The molecule has 0 spiro atoms. The van der Waals surface area contributed by atoms with E-state index in [1.54, 1.807) is 0 Å². The van der Waals surface area contributed by atoms with Crippen LogP contribution < -0.4 is 5.32 Å². The van der Waals surface area contributed by atoms with Crippen LogP contribution in [0.4, 0.5) is 0 Å². The molecule has 1 atom stereocenters. The molecule has 1 unspecified atom stereocenters. The van der Waals surface area contributed by atoms with Crippen LogP contribution in [0.15, 0.2) is 34.7 Å². The lowest BCUT2D eigenvalue weighted by Crippen LogP contribution is -2.19. The molecule has 110 valence electrons. The zero-order valence-corrected chi connectivity index (χ0v) is 12.7. The van der Waals surface area contributed by atoms with Crippen molar-refractivity contribution in [1.82, 2.24) is 5.32 Å². The Bertz CT molecular complexity index is 485. The normalized spacial score (nSPS) is 13.2. The summed E-state index contributed by atoms with van der Waals surface area (Å²) in [4.78, 5) is 0. The second-order valence-corrected chi connectivity index (χ2v) is 5.49. The van der Waals surface area contributed by atoms with E-state index in [2.05, 4.69) is 38.2 Å². The molecular formula is C17H25NO2. The van der Waals surface area contributed by atoms with Crippen LogP contribution in [0.2, 0.25) is 0 Å². The smallest absolute Gasteiger partial charge is 0.134 e. The number of hydrogen-bond donors (Lipinski definition) is 1. The summed E-state index contributed by atoms with van der Waals surface area (Å²) in [6, 6.07) is 10.5. The van der Waals surface area contributed by atoms with Crippen molar-refractivity contribution in [2.45, 2.75) is 45.8 Å². The molecule has 2 rings (SSSR count). The molecule has 20 heavy (non-hydrogen) atoms. The first-order chi connectivity index (χ1) is 9.66. The minimum Gasteiger partial charge on any atom is -0.459 e. The summed E-state index contributed by atoms with van der Waals surface area (Å²) in [6.07, 6.45) is 2.55. The van der Waals surface area contributed by atoms with Crippen molar-refractivity contribution in [3.8, 4) is 0 Å². The minimum atomic E-state index is 0.244. The molecule has 3 heteroatoms. The molecule has 0 fully saturated rings. The number of nitrogens with one attached hydrogen (secondary N) is 1. The maximum Gasteiger partial charge on any atom is 0.134 e. The fourth-order valence-corrected chi connectivity index (χ4v) is 2.18. The molecule has 0 aliphatic rings. The Morgan fingerprint density at radius 3 is 2.70 bits per heavy atom. The Morgan fingerprint density at radius 1 is 1.15 bits per heavy atom. The summed E-state index contributed by atoms with van der Waals surface area (Å²) in [6.45, 7) is 8.12. The van der Waals surface area contributed by atoms with Crippen molar-refractivity contribution >= 4 is 11.0 Å². The van der Waals surface area contributed by atoms with Gasteiger partial charge in [0.1, 0.15) is 11.3 Å². The van der Waals surface area contributed by atoms with Gasteiger partial charge in [-0.1, -0.05) is 18.2 Å². The van der Waals surface area contributed by atoms with E-state index in [0.29, 0.717) is 6.10 Å². The number of ether oxygens (including phenoxy) is 1. The van der Waals surface area contributed by atoms with Crippen LogP contribution in [0.3, 0.4) is 0 Å². The third-order valence-electron chi connectivity index (χ3n) is 3.34. The fourth-order valence-electron chi connectivity index (χ4n) is 2.18. The predicted octanol–water partition coefficient (Wildman–Crippen LogP) is 4.29. The van der Waals surface area contributed by atoms with Gasteiger partial charge in [0.2, 0.25) is 0 Å². The summed E-state index contributed by atoms with van der Waals surface area (Å²) < 4.78 is 11.4. The number of fused-ring (bicyclic) bond motifs is 1. The van der Waals surface area contributed by atoms with Gasteiger partial charge >= 0.3 is 0 Å². The molecular weight excluding hydrogens is 250 g/mol. The van der Waals surface area contributed by atoms with Gasteiger partial charge in [0, 0.05) is 12.0 Å². The van der Waals surface area contributed by atoms with E-state index < -0.39 is 0 Å². The van der Waals surface area contributed by atoms with Crippen LogP contribution >= 0.6 is 0 Å². The van der Waals surface area contributed by atoms with Gasteiger partial charge in [-0.3, -0.25) is 0 Å². The Balaban J connectivity index is 1.73. The monoisotopic (exact) mass is 275 g/mol. The summed E-state index contributed by atoms with van der Waals surface area (Å²) in [5.74, 6) is 1.00. The SMILES string of the molecule is CC(C)OCCCCNC(C)c1cc2ccccc2o1. The van der Waals surface area contributed by atoms with Crippen molar-refractivity contribution in [3.05, 3.63) is 36.1 Å². The van der Waals surface area contributed by atoms with Crippen molar-refractivity contribution in [2.24, 2.45) is 0 Å².